The fraction of sp³-hybridized carbons (Fsp3) is 0.105. The van der Waals surface area contributed by atoms with Crippen molar-refractivity contribution in [2.45, 2.75) is 6.54 Å². The van der Waals surface area contributed by atoms with E-state index in [1.165, 1.54) is 6.33 Å². The van der Waals surface area contributed by atoms with E-state index in [1.54, 1.807) is 18.0 Å². The van der Waals surface area contributed by atoms with Gasteiger partial charge >= 0.3 is 0 Å². The summed E-state index contributed by atoms with van der Waals surface area (Å²) < 4.78 is 0.999. The number of rotatable bonds is 5. The van der Waals surface area contributed by atoms with Crippen LogP contribution in [0.4, 0.5) is 11.5 Å². The molecule has 0 aliphatic rings. The molecule has 25 heavy (non-hydrogen) atoms. The number of hydrogen-bond donors (Lipinski definition) is 1. The fourth-order valence-electron chi connectivity index (χ4n) is 2.35. The van der Waals surface area contributed by atoms with Gasteiger partial charge in [-0.3, -0.25) is 4.79 Å². The Morgan fingerprint density at radius 2 is 1.80 bits per heavy atom. The summed E-state index contributed by atoms with van der Waals surface area (Å²) in [6, 6.07) is 19.2. The molecule has 0 saturated heterocycles. The van der Waals surface area contributed by atoms with Crippen LogP contribution in [-0.2, 0) is 6.54 Å². The van der Waals surface area contributed by atoms with Crippen LogP contribution in [0.5, 0.6) is 0 Å². The predicted octanol–water partition coefficient (Wildman–Crippen LogP) is 4.25. The zero-order valence-electron chi connectivity index (χ0n) is 13.7. The third-order valence-corrected chi connectivity index (χ3v) is 4.14. The van der Waals surface area contributed by atoms with Crippen LogP contribution in [-0.4, -0.2) is 27.8 Å². The zero-order valence-corrected chi connectivity index (χ0v) is 15.3. The maximum absolute atomic E-state index is 12.6. The topological polar surface area (TPSA) is 58.1 Å². The van der Waals surface area contributed by atoms with Gasteiger partial charge in [-0.1, -0.05) is 46.3 Å². The SMILES string of the molecule is CN(Cc1ccccc1)C(=O)c1cc(Nc2ccc(Br)cc2)ncn1. The molecule has 5 nitrogen and oxygen atoms in total. The molecular formula is C19H17BrN4O. The lowest BCUT2D eigenvalue weighted by Gasteiger charge is -2.17. The van der Waals surface area contributed by atoms with E-state index in [1.807, 2.05) is 54.6 Å². The van der Waals surface area contributed by atoms with Crippen molar-refractivity contribution in [3.05, 3.63) is 82.7 Å². The van der Waals surface area contributed by atoms with Crippen molar-refractivity contribution in [2.75, 3.05) is 12.4 Å². The van der Waals surface area contributed by atoms with Gasteiger partial charge in [0.25, 0.3) is 5.91 Å². The summed E-state index contributed by atoms with van der Waals surface area (Å²) in [6.07, 6.45) is 1.39. The largest absolute Gasteiger partial charge is 0.340 e. The highest BCUT2D eigenvalue weighted by atomic mass is 79.9. The van der Waals surface area contributed by atoms with Crippen molar-refractivity contribution >= 4 is 33.3 Å². The normalized spacial score (nSPS) is 10.3. The Hall–Kier alpha value is -2.73. The Morgan fingerprint density at radius 3 is 2.52 bits per heavy atom. The smallest absolute Gasteiger partial charge is 0.272 e. The van der Waals surface area contributed by atoms with Crippen LogP contribution >= 0.6 is 15.9 Å². The molecule has 3 aromatic rings. The number of benzene rings is 2. The summed E-state index contributed by atoms with van der Waals surface area (Å²) in [5.41, 5.74) is 2.31. The maximum atomic E-state index is 12.6. The number of hydrogen-bond acceptors (Lipinski definition) is 4. The average Bonchev–Trinajstić information content (AvgIpc) is 2.64. The number of amides is 1. The van der Waals surface area contributed by atoms with Crippen molar-refractivity contribution in [3.8, 4) is 0 Å². The van der Waals surface area contributed by atoms with Gasteiger partial charge in [0, 0.05) is 29.8 Å². The molecular weight excluding hydrogens is 380 g/mol. The van der Waals surface area contributed by atoms with Crippen LogP contribution in [0, 0.1) is 0 Å². The molecule has 6 heteroatoms. The summed E-state index contributed by atoms with van der Waals surface area (Å²) >= 11 is 3.40. The van der Waals surface area contributed by atoms with Gasteiger partial charge in [-0.05, 0) is 29.8 Å². The molecule has 0 saturated carbocycles. The average molecular weight is 397 g/mol. The molecule has 1 aromatic heterocycles. The summed E-state index contributed by atoms with van der Waals surface area (Å²) in [5, 5.41) is 3.17. The second-order valence-electron chi connectivity index (χ2n) is 5.57. The first-order valence-electron chi connectivity index (χ1n) is 7.76. The molecule has 1 amide bonds. The Kier molecular flexibility index (Phi) is 5.40. The minimum absolute atomic E-state index is 0.148. The highest BCUT2D eigenvalue weighted by Crippen LogP contribution is 2.18. The van der Waals surface area contributed by atoms with Crippen molar-refractivity contribution in [2.24, 2.45) is 0 Å². The van der Waals surface area contributed by atoms with E-state index in [-0.39, 0.29) is 5.91 Å². The van der Waals surface area contributed by atoms with Gasteiger partial charge in [0.1, 0.15) is 17.8 Å². The standard InChI is InChI=1S/C19H17BrN4O/c1-24(12-14-5-3-2-4-6-14)19(25)17-11-18(22-13-21-17)23-16-9-7-15(20)8-10-16/h2-11,13H,12H2,1H3,(H,21,22,23). The fourth-order valence-corrected chi connectivity index (χ4v) is 2.61. The van der Waals surface area contributed by atoms with Crippen molar-refractivity contribution in [1.29, 1.82) is 0 Å². The summed E-state index contributed by atoms with van der Waals surface area (Å²) in [4.78, 5) is 22.5. The summed E-state index contributed by atoms with van der Waals surface area (Å²) in [6.45, 7) is 0.527. The molecule has 0 radical (unpaired) electrons. The first-order valence-corrected chi connectivity index (χ1v) is 8.55. The molecule has 2 aromatic carbocycles. The molecule has 0 bridgehead atoms. The molecule has 0 atom stereocenters. The molecule has 1 heterocycles. The number of nitrogens with zero attached hydrogens (tertiary/aromatic N) is 3. The van der Waals surface area contributed by atoms with Crippen LogP contribution in [0.2, 0.25) is 0 Å². The Bertz CT molecular complexity index is 853. The summed E-state index contributed by atoms with van der Waals surface area (Å²) in [5.74, 6) is 0.430. The number of halogens is 1. The van der Waals surface area contributed by atoms with E-state index in [9.17, 15) is 4.79 Å². The van der Waals surface area contributed by atoms with E-state index in [4.69, 9.17) is 0 Å². The van der Waals surface area contributed by atoms with Crippen LogP contribution in [0.25, 0.3) is 0 Å². The first-order chi connectivity index (χ1) is 12.1. The number of aromatic nitrogens is 2. The van der Waals surface area contributed by atoms with Crippen LogP contribution in [0.3, 0.4) is 0 Å². The Balaban J connectivity index is 1.71. The number of anilines is 2. The Labute approximate surface area is 154 Å². The third kappa shape index (κ3) is 4.64. The van der Waals surface area contributed by atoms with Gasteiger partial charge in [-0.25, -0.2) is 9.97 Å². The predicted molar refractivity (Wildman–Crippen MR) is 102 cm³/mol. The van der Waals surface area contributed by atoms with Crippen LogP contribution in [0.15, 0.2) is 71.5 Å². The number of nitrogens with one attached hydrogen (secondary N) is 1. The van der Waals surface area contributed by atoms with Gasteiger partial charge < -0.3 is 10.2 Å². The zero-order chi connectivity index (χ0) is 17.6. The van der Waals surface area contributed by atoms with Crippen LogP contribution < -0.4 is 5.32 Å². The van der Waals surface area contributed by atoms with Crippen molar-refractivity contribution in [1.82, 2.24) is 14.9 Å². The molecule has 126 valence electrons. The van der Waals surface area contributed by atoms with Crippen LogP contribution in [0.1, 0.15) is 16.1 Å². The van der Waals surface area contributed by atoms with Gasteiger partial charge in [0.15, 0.2) is 0 Å². The van der Waals surface area contributed by atoms with E-state index in [0.29, 0.717) is 18.1 Å². The first kappa shape index (κ1) is 17.1. The van der Waals surface area contributed by atoms with E-state index >= 15 is 0 Å². The van der Waals surface area contributed by atoms with E-state index in [2.05, 4.69) is 31.2 Å². The van der Waals surface area contributed by atoms with Gasteiger partial charge in [-0.2, -0.15) is 0 Å². The molecule has 0 spiro atoms. The maximum Gasteiger partial charge on any atom is 0.272 e. The monoisotopic (exact) mass is 396 g/mol. The number of carbonyl (C=O) groups excluding carboxylic acids is 1. The molecule has 3 rings (SSSR count). The van der Waals surface area contributed by atoms with E-state index in [0.717, 1.165) is 15.7 Å². The lowest BCUT2D eigenvalue weighted by molar-refractivity contribution is 0.0779. The van der Waals surface area contributed by atoms with Gasteiger partial charge in [0.05, 0.1) is 0 Å². The highest BCUT2D eigenvalue weighted by molar-refractivity contribution is 9.10. The van der Waals surface area contributed by atoms with Gasteiger partial charge in [-0.15, -0.1) is 0 Å². The molecule has 0 fully saturated rings. The molecule has 0 aliphatic heterocycles. The van der Waals surface area contributed by atoms with Crippen molar-refractivity contribution in [3.63, 3.8) is 0 Å². The molecule has 1 N–H and O–H groups in total. The quantitative estimate of drug-likeness (QED) is 0.699. The minimum atomic E-state index is -0.148. The van der Waals surface area contributed by atoms with Crippen molar-refractivity contribution < 1.29 is 4.79 Å². The minimum Gasteiger partial charge on any atom is -0.340 e. The summed E-state index contributed by atoms with van der Waals surface area (Å²) in [7, 11) is 1.76. The van der Waals surface area contributed by atoms with E-state index < -0.39 is 0 Å². The Morgan fingerprint density at radius 1 is 1.08 bits per heavy atom. The highest BCUT2D eigenvalue weighted by Gasteiger charge is 2.14. The number of carbonyl (C=O) groups is 1. The lowest BCUT2D eigenvalue weighted by Crippen LogP contribution is -2.27. The van der Waals surface area contributed by atoms with Gasteiger partial charge in [0.2, 0.25) is 0 Å². The second-order valence-corrected chi connectivity index (χ2v) is 6.48. The third-order valence-electron chi connectivity index (χ3n) is 3.61. The second kappa shape index (κ2) is 7.90. The molecule has 0 unspecified atom stereocenters. The molecule has 0 aliphatic carbocycles. The lowest BCUT2D eigenvalue weighted by atomic mass is 10.2.